The van der Waals surface area contributed by atoms with Gasteiger partial charge in [-0.1, -0.05) is 36.4 Å². The van der Waals surface area contributed by atoms with Crippen LogP contribution in [-0.4, -0.2) is 47.3 Å². The molecule has 6 nitrogen and oxygen atoms in total. The Labute approximate surface area is 153 Å². The first-order valence-electron chi connectivity index (χ1n) is 8.19. The smallest absolute Gasteiger partial charge is 0.196 e. The minimum atomic E-state index is -4.13. The third kappa shape index (κ3) is 3.98. The van der Waals surface area contributed by atoms with Crippen molar-refractivity contribution in [1.82, 2.24) is 0 Å². The topological polar surface area (TPSA) is 86.7 Å². The Balaban J connectivity index is 2.04. The molecule has 1 unspecified atom stereocenters. The highest BCUT2D eigenvalue weighted by Crippen LogP contribution is 2.29. The Kier molecular flexibility index (Phi) is 5.76. The highest BCUT2D eigenvalue weighted by Gasteiger charge is 2.42. The molecule has 0 radical (unpaired) electrons. The Morgan fingerprint density at radius 1 is 0.808 bits per heavy atom. The quantitative estimate of drug-likeness (QED) is 0.743. The molecule has 1 saturated heterocycles. The first-order chi connectivity index (χ1) is 12.4. The summed E-state index contributed by atoms with van der Waals surface area (Å²) in [4.78, 5) is -0.0533. The first-order valence-corrected chi connectivity index (χ1v) is 11.3. The van der Waals surface area contributed by atoms with Crippen LogP contribution < -0.4 is 0 Å². The molecule has 0 bridgehead atoms. The minimum absolute atomic E-state index is 0.0266. The molecule has 1 heterocycles. The number of ether oxygens (including phenoxy) is 2. The van der Waals surface area contributed by atoms with Crippen LogP contribution in [0, 0.1) is 0 Å². The van der Waals surface area contributed by atoms with E-state index in [-0.39, 0.29) is 22.8 Å². The summed E-state index contributed by atoms with van der Waals surface area (Å²) < 4.78 is 61.8. The predicted molar refractivity (Wildman–Crippen MR) is 96.2 cm³/mol. The van der Waals surface area contributed by atoms with Crippen molar-refractivity contribution in [2.24, 2.45) is 0 Å². The van der Waals surface area contributed by atoms with Gasteiger partial charge in [-0.15, -0.1) is 0 Å². The second-order valence-electron chi connectivity index (χ2n) is 5.95. The number of benzene rings is 2. The molecule has 8 heteroatoms. The van der Waals surface area contributed by atoms with Gasteiger partial charge in [-0.3, -0.25) is 0 Å². The van der Waals surface area contributed by atoms with E-state index in [0.29, 0.717) is 13.2 Å². The molecule has 0 aromatic heterocycles. The molecule has 1 fully saturated rings. The molecule has 2 aromatic carbocycles. The lowest BCUT2D eigenvalue weighted by molar-refractivity contribution is -0.0892. The second-order valence-corrected chi connectivity index (χ2v) is 10.5. The predicted octanol–water partition coefficient (Wildman–Crippen LogP) is 2.07. The van der Waals surface area contributed by atoms with Crippen LogP contribution in [0.2, 0.25) is 0 Å². The summed E-state index contributed by atoms with van der Waals surface area (Å²) in [6.45, 7) is 0.900. The van der Waals surface area contributed by atoms with Gasteiger partial charge in [-0.25, -0.2) is 16.8 Å². The maximum absolute atomic E-state index is 13.2. The monoisotopic (exact) mass is 396 g/mol. The Morgan fingerprint density at radius 2 is 1.31 bits per heavy atom. The van der Waals surface area contributed by atoms with Gasteiger partial charge in [0.25, 0.3) is 0 Å². The van der Waals surface area contributed by atoms with Crippen molar-refractivity contribution >= 4 is 19.7 Å². The van der Waals surface area contributed by atoms with E-state index in [1.807, 2.05) is 0 Å². The Bertz CT molecular complexity index is 849. The molecule has 1 atom stereocenters. The van der Waals surface area contributed by atoms with Gasteiger partial charge in [0.15, 0.2) is 24.3 Å². The van der Waals surface area contributed by atoms with E-state index in [2.05, 4.69) is 0 Å². The van der Waals surface area contributed by atoms with Crippen LogP contribution in [0.1, 0.15) is 6.42 Å². The summed E-state index contributed by atoms with van der Waals surface area (Å²) in [5.41, 5.74) is 0. The van der Waals surface area contributed by atoms with Crippen LogP contribution in [0.15, 0.2) is 70.5 Å². The Morgan fingerprint density at radius 3 is 1.73 bits per heavy atom. The molecule has 0 spiro atoms. The third-order valence-corrected chi connectivity index (χ3v) is 9.32. The zero-order chi connectivity index (χ0) is 18.6. The fourth-order valence-corrected chi connectivity index (χ4v) is 7.45. The molecule has 0 amide bonds. The Hall–Kier alpha value is -1.74. The van der Waals surface area contributed by atoms with Gasteiger partial charge in [0, 0.05) is 6.42 Å². The van der Waals surface area contributed by atoms with Crippen LogP contribution in [0.25, 0.3) is 0 Å². The number of rotatable bonds is 6. The molecular weight excluding hydrogens is 376 g/mol. The molecular formula is C18H20O6S2. The highest BCUT2D eigenvalue weighted by molar-refractivity contribution is 8.09. The van der Waals surface area contributed by atoms with E-state index in [4.69, 9.17) is 9.47 Å². The zero-order valence-corrected chi connectivity index (χ0v) is 15.7. The fourth-order valence-electron chi connectivity index (χ4n) is 2.83. The summed E-state index contributed by atoms with van der Waals surface area (Å²) in [5, 5.41) is 0. The van der Waals surface area contributed by atoms with Gasteiger partial charge in [0.2, 0.25) is 0 Å². The van der Waals surface area contributed by atoms with E-state index < -0.39 is 30.4 Å². The maximum atomic E-state index is 13.2. The van der Waals surface area contributed by atoms with Crippen LogP contribution in [-0.2, 0) is 29.1 Å². The minimum Gasteiger partial charge on any atom is -0.376 e. The standard InChI is InChI=1S/C18H20O6S2/c19-25(20,16-7-3-1-4-8-16)18(13-15-14-23-11-12-24-15)26(21,22)17-9-5-2-6-10-17/h1-10,15,18H,11-14H2. The molecule has 0 N–H and O–H groups in total. The SMILES string of the molecule is O=S(=O)(c1ccccc1)C(CC1COCCO1)S(=O)(=O)c1ccccc1. The molecule has 140 valence electrons. The van der Waals surface area contributed by atoms with Crippen LogP contribution in [0.5, 0.6) is 0 Å². The molecule has 2 aromatic rings. The number of sulfone groups is 2. The molecule has 26 heavy (non-hydrogen) atoms. The summed E-state index contributed by atoms with van der Waals surface area (Å²) >= 11 is 0. The molecule has 1 aliphatic heterocycles. The first kappa shape index (κ1) is 19.0. The molecule has 1 aliphatic rings. The molecule has 3 rings (SSSR count). The summed E-state index contributed by atoms with van der Waals surface area (Å²) in [6, 6.07) is 15.2. The lowest BCUT2D eigenvalue weighted by atomic mass is 10.3. The average Bonchev–Trinajstić information content (AvgIpc) is 2.68. The van der Waals surface area contributed by atoms with Gasteiger partial charge >= 0.3 is 0 Å². The van der Waals surface area contributed by atoms with Crippen molar-refractivity contribution in [1.29, 1.82) is 0 Å². The van der Waals surface area contributed by atoms with Crippen LogP contribution >= 0.6 is 0 Å². The largest absolute Gasteiger partial charge is 0.376 e. The van der Waals surface area contributed by atoms with E-state index >= 15 is 0 Å². The van der Waals surface area contributed by atoms with E-state index in [0.717, 1.165) is 0 Å². The number of hydrogen-bond donors (Lipinski definition) is 0. The summed E-state index contributed by atoms with van der Waals surface area (Å²) in [5.74, 6) is 0. The van der Waals surface area contributed by atoms with Gasteiger partial charge in [0.05, 0.1) is 35.7 Å². The van der Waals surface area contributed by atoms with Crippen molar-refractivity contribution < 1.29 is 26.3 Å². The number of hydrogen-bond acceptors (Lipinski definition) is 6. The van der Waals surface area contributed by atoms with E-state index in [1.54, 1.807) is 36.4 Å². The van der Waals surface area contributed by atoms with Crippen molar-refractivity contribution in [3.05, 3.63) is 60.7 Å². The van der Waals surface area contributed by atoms with Crippen molar-refractivity contribution in [2.75, 3.05) is 19.8 Å². The van der Waals surface area contributed by atoms with Crippen molar-refractivity contribution in [3.63, 3.8) is 0 Å². The van der Waals surface area contributed by atoms with Crippen molar-refractivity contribution in [2.45, 2.75) is 26.9 Å². The maximum Gasteiger partial charge on any atom is 0.196 e. The molecule has 0 saturated carbocycles. The lowest BCUT2D eigenvalue weighted by Gasteiger charge is -2.27. The van der Waals surface area contributed by atoms with Crippen LogP contribution in [0.4, 0.5) is 0 Å². The van der Waals surface area contributed by atoms with Gasteiger partial charge in [0.1, 0.15) is 0 Å². The fraction of sp³-hybridized carbons (Fsp3) is 0.333. The second kappa shape index (κ2) is 7.87. The zero-order valence-electron chi connectivity index (χ0n) is 14.0. The highest BCUT2D eigenvalue weighted by atomic mass is 32.3. The summed E-state index contributed by atoms with van der Waals surface area (Å²) in [6.07, 6.45) is -0.778. The van der Waals surface area contributed by atoms with Gasteiger partial charge in [-0.05, 0) is 24.3 Å². The lowest BCUT2D eigenvalue weighted by Crippen LogP contribution is -2.38. The van der Waals surface area contributed by atoms with Crippen LogP contribution in [0.3, 0.4) is 0 Å². The van der Waals surface area contributed by atoms with Crippen molar-refractivity contribution in [3.8, 4) is 0 Å². The molecule has 0 aliphatic carbocycles. The summed E-state index contributed by atoms with van der Waals surface area (Å²) in [7, 11) is -8.26. The van der Waals surface area contributed by atoms with Gasteiger partial charge < -0.3 is 9.47 Å². The average molecular weight is 396 g/mol. The normalized spacial score (nSPS) is 18.7. The third-order valence-electron chi connectivity index (χ3n) is 4.18. The van der Waals surface area contributed by atoms with E-state index in [1.165, 1.54) is 24.3 Å². The van der Waals surface area contributed by atoms with Gasteiger partial charge in [-0.2, -0.15) is 0 Å². The van der Waals surface area contributed by atoms with E-state index in [9.17, 15) is 16.8 Å².